The second kappa shape index (κ2) is 18.5. The van der Waals surface area contributed by atoms with E-state index in [0.717, 1.165) is 28.7 Å². The Labute approximate surface area is 284 Å². The van der Waals surface area contributed by atoms with Gasteiger partial charge in [0.1, 0.15) is 6.10 Å². The topological polar surface area (TPSA) is 106 Å². The van der Waals surface area contributed by atoms with E-state index in [4.69, 9.17) is 18.9 Å². The fourth-order valence-electron chi connectivity index (χ4n) is 6.07. The molecule has 0 spiro atoms. The van der Waals surface area contributed by atoms with E-state index in [0.29, 0.717) is 50.1 Å². The van der Waals surface area contributed by atoms with Gasteiger partial charge in [-0.1, -0.05) is 62.4 Å². The van der Waals surface area contributed by atoms with Crippen molar-refractivity contribution in [3.63, 3.8) is 0 Å². The normalized spacial score (nSPS) is 19.4. The van der Waals surface area contributed by atoms with Gasteiger partial charge < -0.3 is 34.2 Å². The predicted octanol–water partition coefficient (Wildman–Crippen LogP) is 2.29. The van der Waals surface area contributed by atoms with Crippen molar-refractivity contribution in [3.05, 3.63) is 59.2 Å². The fourth-order valence-corrected chi connectivity index (χ4v) is 6.54. The summed E-state index contributed by atoms with van der Waals surface area (Å²) in [5.74, 6) is -1.07. The molecule has 10 heteroatoms. The smallest absolute Gasteiger partial charge is 0.548 e. The molecule has 45 heavy (non-hydrogen) atoms. The molecule has 2 aromatic rings. The van der Waals surface area contributed by atoms with Crippen LogP contribution in [0.2, 0.25) is 0 Å². The first-order chi connectivity index (χ1) is 21.1. The Morgan fingerprint density at radius 3 is 2.53 bits per heavy atom. The average Bonchev–Trinajstić information content (AvgIpc) is 3.36. The van der Waals surface area contributed by atoms with Gasteiger partial charge in [0.15, 0.2) is 5.79 Å². The predicted molar refractivity (Wildman–Crippen MR) is 171 cm³/mol. The number of aliphatic carboxylic acids is 1. The first kappa shape index (κ1) is 37.6. The number of carbonyl (C=O) groups is 2. The Morgan fingerprint density at radius 2 is 1.87 bits per heavy atom. The van der Waals surface area contributed by atoms with Crippen molar-refractivity contribution < 1.29 is 52.5 Å². The van der Waals surface area contributed by atoms with Gasteiger partial charge in [-0.05, 0) is 85.9 Å². The van der Waals surface area contributed by atoms with E-state index in [1.165, 1.54) is 43.9 Å². The Hall–Kier alpha value is -1.83. The summed E-state index contributed by atoms with van der Waals surface area (Å²) in [6, 6.07) is 12.5. The molecule has 1 heterocycles. The van der Waals surface area contributed by atoms with Crippen molar-refractivity contribution in [1.29, 1.82) is 0 Å². The number of thioether (sulfide) groups is 1. The molecule has 1 aliphatic carbocycles. The third-order valence-electron chi connectivity index (χ3n) is 8.45. The number of rotatable bonds is 16. The Morgan fingerprint density at radius 1 is 1.11 bits per heavy atom. The van der Waals surface area contributed by atoms with Gasteiger partial charge in [0, 0.05) is 5.56 Å². The van der Waals surface area contributed by atoms with Crippen LogP contribution in [-0.4, -0.2) is 67.7 Å². The molecule has 1 saturated heterocycles. The second-order valence-electron chi connectivity index (χ2n) is 12.5. The van der Waals surface area contributed by atoms with Crippen LogP contribution in [0.1, 0.15) is 80.3 Å². The van der Waals surface area contributed by atoms with E-state index in [-0.39, 0.29) is 31.1 Å². The van der Waals surface area contributed by atoms with Gasteiger partial charge in [-0.15, -0.1) is 0 Å². The summed E-state index contributed by atoms with van der Waals surface area (Å²) in [6.45, 7) is 7.64. The molecule has 0 aromatic heterocycles. The SMILES string of the molecule is CSCC[C@H](NC(=O)c1ccc(CO[C@H](COCC2COC(C)(C)O2)CC2CCCCC2)cc1-c1ccccc1C)C(=O)[O-].[Li+]. The maximum Gasteiger partial charge on any atom is 1.00 e. The van der Waals surface area contributed by atoms with Gasteiger partial charge >= 0.3 is 18.9 Å². The molecule has 2 aliphatic rings. The van der Waals surface area contributed by atoms with E-state index < -0.39 is 23.7 Å². The number of ether oxygens (including phenoxy) is 4. The number of hydrogen-bond donors (Lipinski definition) is 1. The molecule has 242 valence electrons. The van der Waals surface area contributed by atoms with Crippen LogP contribution in [0.25, 0.3) is 11.1 Å². The Bertz CT molecular complexity index is 1240. The van der Waals surface area contributed by atoms with Crippen LogP contribution in [0.3, 0.4) is 0 Å². The van der Waals surface area contributed by atoms with E-state index in [9.17, 15) is 14.7 Å². The molecular weight excluding hydrogens is 585 g/mol. The third-order valence-corrected chi connectivity index (χ3v) is 9.09. The molecule has 3 atom stereocenters. The molecule has 2 aromatic carbocycles. The van der Waals surface area contributed by atoms with Crippen LogP contribution >= 0.6 is 11.8 Å². The minimum absolute atomic E-state index is 0. The van der Waals surface area contributed by atoms with Gasteiger partial charge in [-0.25, -0.2) is 0 Å². The number of carboxylic acid groups (broad SMARTS) is 1. The van der Waals surface area contributed by atoms with E-state index in [1.54, 1.807) is 6.07 Å². The molecule has 1 N–H and O–H groups in total. The monoisotopic (exact) mass is 633 g/mol. The molecule has 1 amide bonds. The van der Waals surface area contributed by atoms with E-state index >= 15 is 0 Å². The number of hydrogen-bond acceptors (Lipinski definition) is 8. The molecular formula is C35H48LiNO7S. The van der Waals surface area contributed by atoms with Crippen molar-refractivity contribution in [2.24, 2.45) is 5.92 Å². The average molecular weight is 634 g/mol. The molecule has 2 fully saturated rings. The Balaban J connectivity index is 0.00000552. The molecule has 0 radical (unpaired) electrons. The van der Waals surface area contributed by atoms with Crippen molar-refractivity contribution >= 4 is 23.6 Å². The number of aryl methyl sites for hydroxylation is 1. The van der Waals surface area contributed by atoms with Gasteiger partial charge in [0.2, 0.25) is 0 Å². The van der Waals surface area contributed by atoms with Crippen LogP contribution < -0.4 is 29.3 Å². The van der Waals surface area contributed by atoms with Gasteiger partial charge in [0.05, 0.1) is 44.5 Å². The number of nitrogens with one attached hydrogen (secondary N) is 1. The van der Waals surface area contributed by atoms with Crippen LogP contribution in [0.15, 0.2) is 42.5 Å². The van der Waals surface area contributed by atoms with Crippen molar-refractivity contribution in [1.82, 2.24) is 5.32 Å². The molecule has 0 bridgehead atoms. The zero-order valence-corrected chi connectivity index (χ0v) is 28.4. The van der Waals surface area contributed by atoms with Gasteiger partial charge in [-0.2, -0.15) is 11.8 Å². The zero-order chi connectivity index (χ0) is 31.5. The van der Waals surface area contributed by atoms with Crippen LogP contribution in [0.4, 0.5) is 0 Å². The van der Waals surface area contributed by atoms with Gasteiger partial charge in [0.25, 0.3) is 5.91 Å². The zero-order valence-electron chi connectivity index (χ0n) is 27.6. The minimum Gasteiger partial charge on any atom is -0.548 e. The molecule has 1 aliphatic heterocycles. The number of carboxylic acids is 1. The van der Waals surface area contributed by atoms with E-state index in [1.807, 2.05) is 63.4 Å². The number of amides is 1. The van der Waals surface area contributed by atoms with E-state index in [2.05, 4.69) is 5.32 Å². The summed E-state index contributed by atoms with van der Waals surface area (Å²) in [5.41, 5.74) is 4.02. The van der Waals surface area contributed by atoms with Crippen LogP contribution in [0.5, 0.6) is 0 Å². The Kier molecular flexibility index (Phi) is 15.5. The fraction of sp³-hybridized carbons (Fsp3) is 0.600. The first-order valence-corrected chi connectivity index (χ1v) is 17.2. The maximum atomic E-state index is 13.4. The van der Waals surface area contributed by atoms with Crippen LogP contribution in [-0.2, 0) is 30.3 Å². The van der Waals surface area contributed by atoms with Crippen molar-refractivity contribution in [3.8, 4) is 11.1 Å². The molecule has 1 saturated carbocycles. The standard InChI is InChI=1S/C35H49NO7S.Li/c1-24-10-8-9-13-29(24)31-19-26(14-15-30(31)33(37)36-32(34(38)39)16-17-44-4)20-41-27(18-25-11-6-5-7-12-25)21-40-22-28-23-42-35(2,3)43-28;/h8-10,13-15,19,25,27-28,32H,5-7,11-12,16-18,20-23H2,1-4H3,(H,36,37)(H,38,39);/q;+1/p-1/t27-,28?,32-;/m0./s1. The summed E-state index contributed by atoms with van der Waals surface area (Å²) >= 11 is 1.53. The summed E-state index contributed by atoms with van der Waals surface area (Å²) in [6.07, 6.45) is 9.25. The first-order valence-electron chi connectivity index (χ1n) is 15.9. The largest absolute Gasteiger partial charge is 1.00 e. The molecule has 8 nitrogen and oxygen atoms in total. The number of benzene rings is 2. The molecule has 4 rings (SSSR count). The quantitative estimate of drug-likeness (QED) is 0.281. The minimum atomic E-state index is -1.28. The summed E-state index contributed by atoms with van der Waals surface area (Å²) < 4.78 is 24.2. The summed E-state index contributed by atoms with van der Waals surface area (Å²) in [4.78, 5) is 25.1. The van der Waals surface area contributed by atoms with Crippen LogP contribution in [0, 0.1) is 12.8 Å². The molecule has 1 unspecified atom stereocenters. The maximum absolute atomic E-state index is 13.4. The summed E-state index contributed by atoms with van der Waals surface area (Å²) in [7, 11) is 0. The van der Waals surface area contributed by atoms with Crippen molar-refractivity contribution in [2.75, 3.05) is 31.8 Å². The van der Waals surface area contributed by atoms with Gasteiger partial charge in [-0.3, -0.25) is 4.79 Å². The van der Waals surface area contributed by atoms with Crippen molar-refractivity contribution in [2.45, 2.75) is 96.4 Å². The number of carbonyl (C=O) groups excluding carboxylic acids is 2. The summed E-state index contributed by atoms with van der Waals surface area (Å²) in [5, 5.41) is 14.4. The third kappa shape index (κ3) is 11.7. The second-order valence-corrected chi connectivity index (χ2v) is 13.5.